The van der Waals surface area contributed by atoms with Gasteiger partial charge in [0.05, 0.1) is 22.5 Å². The Balaban J connectivity index is 1.76. The van der Waals surface area contributed by atoms with Crippen molar-refractivity contribution in [3.63, 3.8) is 0 Å². The zero-order chi connectivity index (χ0) is 19.1. The number of anilines is 3. The number of rotatable bonds is 4. The van der Waals surface area contributed by atoms with Gasteiger partial charge in [-0.15, -0.1) is 0 Å². The molecule has 0 unspecified atom stereocenters. The first-order valence-electron chi connectivity index (χ1n) is 9.27. The van der Waals surface area contributed by atoms with Gasteiger partial charge in [0.15, 0.2) is 11.6 Å². The van der Waals surface area contributed by atoms with E-state index in [1.165, 1.54) is 0 Å². The maximum absolute atomic E-state index is 13.2. The predicted molar refractivity (Wildman–Crippen MR) is 108 cm³/mol. The van der Waals surface area contributed by atoms with Gasteiger partial charge in [-0.25, -0.2) is 0 Å². The molecule has 6 nitrogen and oxygen atoms in total. The number of nitrogens with one attached hydrogen (secondary N) is 1. The molecular weight excluding hydrogens is 340 g/mol. The van der Waals surface area contributed by atoms with E-state index < -0.39 is 0 Å². The van der Waals surface area contributed by atoms with Gasteiger partial charge in [0, 0.05) is 36.4 Å². The Bertz CT molecular complexity index is 936. The maximum Gasteiger partial charge on any atom is 0.196 e. The zero-order valence-electron chi connectivity index (χ0n) is 15.7. The van der Waals surface area contributed by atoms with Crippen LogP contribution in [0.1, 0.15) is 38.3 Å². The summed E-state index contributed by atoms with van der Waals surface area (Å²) in [6, 6.07) is 8.80. The highest BCUT2D eigenvalue weighted by molar-refractivity contribution is 6.32. The topological polar surface area (TPSA) is 78.7 Å². The molecule has 1 aliphatic heterocycles. The van der Waals surface area contributed by atoms with Gasteiger partial charge in [0.1, 0.15) is 0 Å². The largest absolute Gasteiger partial charge is 0.398 e. The molecule has 1 heterocycles. The van der Waals surface area contributed by atoms with Gasteiger partial charge in [0.25, 0.3) is 0 Å². The fraction of sp³-hybridized carbons (Fsp3) is 0.333. The second kappa shape index (κ2) is 6.70. The van der Waals surface area contributed by atoms with Crippen molar-refractivity contribution < 1.29 is 9.59 Å². The Morgan fingerprint density at radius 2 is 1.81 bits per heavy atom. The van der Waals surface area contributed by atoms with E-state index in [4.69, 9.17) is 5.73 Å². The Morgan fingerprint density at radius 3 is 2.59 bits per heavy atom. The van der Waals surface area contributed by atoms with Crippen LogP contribution in [0.4, 0.5) is 17.1 Å². The standard InChI is InChI=1S/C21H24N4O2/c1-24(2)10-4-11-25-12-9-23-19-16(25)8-7-14-18(19)21(27)13-5-3-6-15(22)17(13)20(14)26/h3,5-8,23H,4,9-12,22H2,1-2H3. The van der Waals surface area contributed by atoms with Crippen LogP contribution in [0.2, 0.25) is 0 Å². The number of benzene rings is 2. The van der Waals surface area contributed by atoms with Crippen LogP contribution >= 0.6 is 0 Å². The molecule has 0 bridgehead atoms. The highest BCUT2D eigenvalue weighted by Crippen LogP contribution is 2.40. The van der Waals surface area contributed by atoms with Crippen molar-refractivity contribution in [1.82, 2.24) is 4.90 Å². The van der Waals surface area contributed by atoms with E-state index in [2.05, 4.69) is 29.2 Å². The second-order valence-electron chi connectivity index (χ2n) is 7.38. The maximum atomic E-state index is 13.2. The van der Waals surface area contributed by atoms with Crippen LogP contribution in [-0.4, -0.2) is 56.7 Å². The fourth-order valence-electron chi connectivity index (χ4n) is 3.99. The third-order valence-electron chi connectivity index (χ3n) is 5.28. The van der Waals surface area contributed by atoms with Crippen molar-refractivity contribution in [1.29, 1.82) is 0 Å². The summed E-state index contributed by atoms with van der Waals surface area (Å²) in [4.78, 5) is 30.7. The van der Waals surface area contributed by atoms with E-state index in [0.717, 1.165) is 44.0 Å². The predicted octanol–water partition coefficient (Wildman–Crippen LogP) is 2.23. The van der Waals surface area contributed by atoms with Crippen LogP contribution in [0, 0.1) is 0 Å². The summed E-state index contributed by atoms with van der Waals surface area (Å²) in [6.45, 7) is 3.55. The van der Waals surface area contributed by atoms with Crippen LogP contribution in [0.5, 0.6) is 0 Å². The molecule has 0 fully saturated rings. The molecule has 1 aliphatic carbocycles. The average Bonchev–Trinajstić information content (AvgIpc) is 2.65. The number of fused-ring (bicyclic) bond motifs is 4. The van der Waals surface area contributed by atoms with E-state index in [1.807, 2.05) is 6.07 Å². The SMILES string of the molecule is CN(C)CCCN1CCNc2c1ccc1c2C(=O)c2cccc(N)c2C1=O. The minimum atomic E-state index is -0.174. The first-order valence-corrected chi connectivity index (χ1v) is 9.27. The smallest absolute Gasteiger partial charge is 0.196 e. The number of carbonyl (C=O) groups excluding carboxylic acids is 2. The van der Waals surface area contributed by atoms with E-state index in [-0.39, 0.29) is 11.6 Å². The minimum Gasteiger partial charge on any atom is -0.398 e. The van der Waals surface area contributed by atoms with Crippen LogP contribution in [-0.2, 0) is 0 Å². The summed E-state index contributed by atoms with van der Waals surface area (Å²) < 4.78 is 0. The molecule has 2 aliphatic rings. The van der Waals surface area contributed by atoms with Crippen molar-refractivity contribution in [2.45, 2.75) is 6.42 Å². The number of carbonyl (C=O) groups is 2. The minimum absolute atomic E-state index is 0.133. The normalized spacial score (nSPS) is 15.3. The molecule has 6 heteroatoms. The van der Waals surface area contributed by atoms with Crippen molar-refractivity contribution in [3.8, 4) is 0 Å². The molecule has 0 aromatic heterocycles. The van der Waals surface area contributed by atoms with Crippen LogP contribution in [0.15, 0.2) is 30.3 Å². The lowest BCUT2D eigenvalue weighted by molar-refractivity contribution is 0.0980. The molecule has 0 atom stereocenters. The van der Waals surface area contributed by atoms with Crippen molar-refractivity contribution >= 4 is 28.6 Å². The van der Waals surface area contributed by atoms with Crippen molar-refractivity contribution in [2.24, 2.45) is 0 Å². The number of hydrogen-bond acceptors (Lipinski definition) is 6. The lowest BCUT2D eigenvalue weighted by Crippen LogP contribution is -2.37. The molecule has 0 amide bonds. The third kappa shape index (κ3) is 2.86. The van der Waals surface area contributed by atoms with Gasteiger partial charge in [-0.2, -0.15) is 0 Å². The lowest BCUT2D eigenvalue weighted by atomic mass is 9.81. The van der Waals surface area contributed by atoms with Gasteiger partial charge in [0.2, 0.25) is 0 Å². The molecule has 0 spiro atoms. The number of ketones is 2. The first-order chi connectivity index (χ1) is 13.0. The monoisotopic (exact) mass is 364 g/mol. The highest BCUT2D eigenvalue weighted by atomic mass is 16.1. The summed E-state index contributed by atoms with van der Waals surface area (Å²) in [6.07, 6.45) is 1.04. The Kier molecular flexibility index (Phi) is 4.36. The third-order valence-corrected chi connectivity index (χ3v) is 5.28. The Labute approximate surface area is 158 Å². The summed E-state index contributed by atoms with van der Waals surface area (Å²) in [7, 11) is 4.13. The molecule has 0 radical (unpaired) electrons. The van der Waals surface area contributed by atoms with Crippen LogP contribution in [0.25, 0.3) is 0 Å². The molecule has 2 aromatic rings. The van der Waals surface area contributed by atoms with E-state index >= 15 is 0 Å². The van der Waals surface area contributed by atoms with Crippen molar-refractivity contribution in [3.05, 3.63) is 52.6 Å². The number of nitrogens with zero attached hydrogens (tertiary/aromatic N) is 2. The summed E-state index contributed by atoms with van der Waals surface area (Å²) in [5.41, 5.74) is 9.75. The number of hydrogen-bond donors (Lipinski definition) is 2. The van der Waals surface area contributed by atoms with E-state index in [0.29, 0.717) is 27.9 Å². The molecule has 0 saturated carbocycles. The van der Waals surface area contributed by atoms with E-state index in [1.54, 1.807) is 24.3 Å². The molecule has 3 N–H and O–H groups in total. The molecule has 140 valence electrons. The molecule has 27 heavy (non-hydrogen) atoms. The van der Waals surface area contributed by atoms with Gasteiger partial charge in [-0.1, -0.05) is 12.1 Å². The fourth-order valence-corrected chi connectivity index (χ4v) is 3.99. The second-order valence-corrected chi connectivity index (χ2v) is 7.38. The molecule has 4 rings (SSSR count). The van der Waals surface area contributed by atoms with Gasteiger partial charge < -0.3 is 20.9 Å². The van der Waals surface area contributed by atoms with Gasteiger partial charge in [-0.05, 0) is 45.3 Å². The van der Waals surface area contributed by atoms with Crippen molar-refractivity contribution in [2.75, 3.05) is 56.2 Å². The molecule has 0 saturated heterocycles. The summed E-state index contributed by atoms with van der Waals surface area (Å²) in [5, 5.41) is 3.36. The molecular formula is C21H24N4O2. The van der Waals surface area contributed by atoms with Gasteiger partial charge in [-0.3, -0.25) is 9.59 Å². The first kappa shape index (κ1) is 17.5. The van der Waals surface area contributed by atoms with Gasteiger partial charge >= 0.3 is 0 Å². The zero-order valence-corrected chi connectivity index (χ0v) is 15.7. The van der Waals surface area contributed by atoms with E-state index in [9.17, 15) is 9.59 Å². The summed E-state index contributed by atoms with van der Waals surface area (Å²) >= 11 is 0. The highest BCUT2D eigenvalue weighted by Gasteiger charge is 2.35. The number of nitrogens with two attached hydrogens (primary N) is 1. The quantitative estimate of drug-likeness (QED) is 0.691. The Morgan fingerprint density at radius 1 is 1.07 bits per heavy atom. The lowest BCUT2D eigenvalue weighted by Gasteiger charge is -2.35. The summed E-state index contributed by atoms with van der Waals surface area (Å²) in [5.74, 6) is -0.307. The Hall–Kier alpha value is -2.86. The van der Waals surface area contributed by atoms with Crippen LogP contribution < -0.4 is 16.0 Å². The number of nitrogen functional groups attached to an aromatic ring is 1. The average molecular weight is 364 g/mol. The molecule has 2 aromatic carbocycles. The van der Waals surface area contributed by atoms with Crippen LogP contribution in [0.3, 0.4) is 0 Å².